The Morgan fingerprint density at radius 2 is 1.90 bits per heavy atom. The van der Waals surface area contributed by atoms with E-state index < -0.39 is 0 Å². The van der Waals surface area contributed by atoms with Gasteiger partial charge >= 0.3 is 0 Å². The van der Waals surface area contributed by atoms with Crippen LogP contribution in [0.3, 0.4) is 0 Å². The smallest absolute Gasteiger partial charge is 0.123 e. The van der Waals surface area contributed by atoms with Crippen LogP contribution in [0.2, 0.25) is 0 Å². The number of benzene rings is 1. The first-order valence-corrected chi connectivity index (χ1v) is 7.77. The molecule has 1 aliphatic carbocycles. The van der Waals surface area contributed by atoms with Gasteiger partial charge in [-0.15, -0.1) is 0 Å². The lowest BCUT2D eigenvalue weighted by Crippen LogP contribution is -2.06. The van der Waals surface area contributed by atoms with Crippen LogP contribution < -0.4 is 5.73 Å². The molecule has 1 aromatic heterocycles. The number of fused-ring (bicyclic) bond motifs is 2. The number of rotatable bonds is 2. The van der Waals surface area contributed by atoms with Crippen LogP contribution in [0.4, 0.5) is 0 Å². The lowest BCUT2D eigenvalue weighted by atomic mass is 9.89. The van der Waals surface area contributed by atoms with E-state index in [9.17, 15) is 0 Å². The van der Waals surface area contributed by atoms with Gasteiger partial charge in [0.2, 0.25) is 0 Å². The summed E-state index contributed by atoms with van der Waals surface area (Å²) in [6.07, 6.45) is 7.49. The Kier molecular flexibility index (Phi) is 2.88. The maximum atomic E-state index is 5.84. The molecule has 0 atom stereocenters. The van der Waals surface area contributed by atoms with E-state index >= 15 is 0 Å². The Hall–Kier alpha value is -1.61. The molecule has 0 radical (unpaired) electrons. The molecule has 1 aliphatic heterocycles. The molecule has 0 saturated heterocycles. The molecule has 2 heterocycles. The minimum absolute atomic E-state index is 0.540. The highest BCUT2D eigenvalue weighted by Crippen LogP contribution is 2.32. The number of aromatic nitrogens is 2. The van der Waals surface area contributed by atoms with E-state index in [1.54, 1.807) is 0 Å². The first kappa shape index (κ1) is 12.2. The van der Waals surface area contributed by atoms with Crippen LogP contribution in [-0.4, -0.2) is 9.55 Å². The summed E-state index contributed by atoms with van der Waals surface area (Å²) in [7, 11) is 0. The molecule has 0 fully saturated rings. The molecule has 3 heteroatoms. The highest BCUT2D eigenvalue weighted by molar-refractivity contribution is 5.65. The first-order chi connectivity index (χ1) is 9.86. The van der Waals surface area contributed by atoms with Gasteiger partial charge < -0.3 is 10.3 Å². The molecular formula is C17H21N3. The number of nitrogens with two attached hydrogens (primary N) is 1. The van der Waals surface area contributed by atoms with Gasteiger partial charge in [0.1, 0.15) is 5.82 Å². The van der Waals surface area contributed by atoms with Crippen molar-refractivity contribution in [2.24, 2.45) is 5.73 Å². The van der Waals surface area contributed by atoms with Crippen molar-refractivity contribution in [2.45, 2.75) is 51.6 Å². The first-order valence-electron chi connectivity index (χ1n) is 7.77. The SMILES string of the molecule is NCc1nc(-c2ccc3c(c2)CCCC3)c2n1CCC2. The van der Waals surface area contributed by atoms with Gasteiger partial charge in [-0.25, -0.2) is 4.98 Å². The van der Waals surface area contributed by atoms with Gasteiger partial charge in [0.15, 0.2) is 0 Å². The topological polar surface area (TPSA) is 43.8 Å². The van der Waals surface area contributed by atoms with Crippen molar-refractivity contribution in [3.63, 3.8) is 0 Å². The van der Waals surface area contributed by atoms with E-state index in [1.807, 2.05) is 0 Å². The standard InChI is InChI=1S/C17H21N3/c18-11-16-19-17(15-6-3-9-20(15)16)14-8-7-12-4-1-2-5-13(12)10-14/h7-8,10H,1-6,9,11,18H2. The Morgan fingerprint density at radius 1 is 1.05 bits per heavy atom. The van der Waals surface area contributed by atoms with Crippen molar-refractivity contribution >= 4 is 0 Å². The molecule has 0 spiro atoms. The van der Waals surface area contributed by atoms with Crippen molar-refractivity contribution in [1.82, 2.24) is 9.55 Å². The summed E-state index contributed by atoms with van der Waals surface area (Å²) in [5.74, 6) is 1.05. The number of aryl methyl sites for hydroxylation is 2. The number of hydrogen-bond acceptors (Lipinski definition) is 2. The Balaban J connectivity index is 1.81. The van der Waals surface area contributed by atoms with Crippen LogP contribution in [-0.2, 0) is 32.4 Å². The highest BCUT2D eigenvalue weighted by Gasteiger charge is 2.22. The fraction of sp³-hybridized carbons (Fsp3) is 0.471. The largest absolute Gasteiger partial charge is 0.330 e. The van der Waals surface area contributed by atoms with Gasteiger partial charge in [-0.3, -0.25) is 0 Å². The quantitative estimate of drug-likeness (QED) is 0.909. The summed E-state index contributed by atoms with van der Waals surface area (Å²) < 4.78 is 2.33. The summed E-state index contributed by atoms with van der Waals surface area (Å²) in [5.41, 5.74) is 12.8. The Bertz CT molecular complexity index is 654. The molecule has 20 heavy (non-hydrogen) atoms. The number of hydrogen-bond donors (Lipinski definition) is 1. The van der Waals surface area contributed by atoms with Crippen molar-refractivity contribution in [1.29, 1.82) is 0 Å². The van der Waals surface area contributed by atoms with Gasteiger partial charge in [-0.2, -0.15) is 0 Å². The van der Waals surface area contributed by atoms with Crippen molar-refractivity contribution in [3.8, 4) is 11.3 Å². The molecule has 0 amide bonds. The lowest BCUT2D eigenvalue weighted by Gasteiger charge is -2.16. The molecule has 2 aliphatic rings. The van der Waals surface area contributed by atoms with Crippen molar-refractivity contribution in [3.05, 3.63) is 40.8 Å². The van der Waals surface area contributed by atoms with Gasteiger partial charge in [0.05, 0.1) is 12.2 Å². The molecule has 4 rings (SSSR count). The van der Waals surface area contributed by atoms with Crippen LogP contribution in [0.1, 0.15) is 41.9 Å². The minimum atomic E-state index is 0.540. The van der Waals surface area contributed by atoms with Crippen molar-refractivity contribution < 1.29 is 0 Å². The lowest BCUT2D eigenvalue weighted by molar-refractivity contribution is 0.686. The monoisotopic (exact) mass is 267 g/mol. The van der Waals surface area contributed by atoms with Crippen LogP contribution in [0.25, 0.3) is 11.3 Å². The van der Waals surface area contributed by atoms with Gasteiger partial charge in [0.25, 0.3) is 0 Å². The molecule has 0 bridgehead atoms. The minimum Gasteiger partial charge on any atom is -0.330 e. The number of nitrogens with zero attached hydrogens (tertiary/aromatic N) is 2. The van der Waals surface area contributed by atoms with Gasteiger partial charge in [-0.1, -0.05) is 12.1 Å². The molecule has 104 valence electrons. The normalized spacial score (nSPS) is 17.1. The summed E-state index contributed by atoms with van der Waals surface area (Å²) in [5, 5.41) is 0. The second-order valence-corrected chi connectivity index (χ2v) is 5.97. The Morgan fingerprint density at radius 3 is 2.75 bits per heavy atom. The van der Waals surface area contributed by atoms with Crippen molar-refractivity contribution in [2.75, 3.05) is 0 Å². The maximum absolute atomic E-state index is 5.84. The molecule has 0 saturated carbocycles. The highest BCUT2D eigenvalue weighted by atomic mass is 15.1. The zero-order valence-corrected chi connectivity index (χ0v) is 11.9. The van der Waals surface area contributed by atoms with Crippen LogP contribution >= 0.6 is 0 Å². The van der Waals surface area contributed by atoms with E-state index in [4.69, 9.17) is 10.7 Å². The fourth-order valence-electron chi connectivity index (χ4n) is 3.73. The van der Waals surface area contributed by atoms with Gasteiger partial charge in [-0.05, 0) is 55.7 Å². The molecule has 2 N–H and O–H groups in total. The van der Waals surface area contributed by atoms with E-state index in [0.717, 1.165) is 18.8 Å². The number of imidazole rings is 1. The predicted molar refractivity (Wildman–Crippen MR) is 80.5 cm³/mol. The average Bonchev–Trinajstić information content (AvgIpc) is 3.08. The zero-order chi connectivity index (χ0) is 13.5. The van der Waals surface area contributed by atoms with E-state index in [-0.39, 0.29) is 0 Å². The molecule has 3 nitrogen and oxygen atoms in total. The average molecular weight is 267 g/mol. The Labute approximate surface area is 119 Å². The van der Waals surface area contributed by atoms with Crippen LogP contribution in [0, 0.1) is 0 Å². The zero-order valence-electron chi connectivity index (χ0n) is 11.9. The van der Waals surface area contributed by atoms with E-state index in [2.05, 4.69) is 22.8 Å². The van der Waals surface area contributed by atoms with E-state index in [0.29, 0.717) is 6.54 Å². The second-order valence-electron chi connectivity index (χ2n) is 5.97. The predicted octanol–water partition coefficient (Wildman–Crippen LogP) is 2.83. The van der Waals surface area contributed by atoms with Crippen LogP contribution in [0.15, 0.2) is 18.2 Å². The summed E-state index contributed by atoms with van der Waals surface area (Å²) >= 11 is 0. The maximum Gasteiger partial charge on any atom is 0.123 e. The third-order valence-electron chi connectivity index (χ3n) is 4.75. The molecule has 1 aromatic carbocycles. The molecule has 0 unspecified atom stereocenters. The third-order valence-corrected chi connectivity index (χ3v) is 4.75. The summed E-state index contributed by atoms with van der Waals surface area (Å²) in [6.45, 7) is 1.62. The van der Waals surface area contributed by atoms with Gasteiger partial charge in [0, 0.05) is 17.8 Å². The second kappa shape index (κ2) is 4.74. The molecule has 2 aromatic rings. The van der Waals surface area contributed by atoms with Crippen LogP contribution in [0.5, 0.6) is 0 Å². The fourth-order valence-corrected chi connectivity index (χ4v) is 3.73. The molecular weight excluding hydrogens is 246 g/mol. The summed E-state index contributed by atoms with van der Waals surface area (Å²) in [4.78, 5) is 4.81. The van der Waals surface area contributed by atoms with E-state index in [1.165, 1.54) is 60.2 Å². The third kappa shape index (κ3) is 1.80. The summed E-state index contributed by atoms with van der Waals surface area (Å²) in [6, 6.07) is 6.94.